The molecule has 2 aromatic heterocycles. The van der Waals surface area contributed by atoms with Crippen LogP contribution in [0.5, 0.6) is 0 Å². The number of nitrogens with one attached hydrogen (secondary N) is 1. The fraction of sp³-hybridized carbons (Fsp3) is 0.235. The highest BCUT2D eigenvalue weighted by atomic mass is 19.3. The summed E-state index contributed by atoms with van der Waals surface area (Å²) in [4.78, 5) is 20.3. The lowest BCUT2D eigenvalue weighted by atomic mass is 10.1. The van der Waals surface area contributed by atoms with E-state index in [4.69, 9.17) is 0 Å². The van der Waals surface area contributed by atoms with Gasteiger partial charge in [0.2, 0.25) is 0 Å². The van der Waals surface area contributed by atoms with Crippen LogP contribution in [0.4, 0.5) is 19.0 Å². The third-order valence-corrected chi connectivity index (χ3v) is 3.87. The van der Waals surface area contributed by atoms with E-state index in [1.54, 1.807) is 20.0 Å². The van der Waals surface area contributed by atoms with Crippen LogP contribution in [0.1, 0.15) is 23.4 Å². The molecule has 0 aliphatic rings. The Morgan fingerprint density at radius 1 is 1.20 bits per heavy atom. The van der Waals surface area contributed by atoms with E-state index >= 15 is 0 Å². The molecule has 0 amide bonds. The summed E-state index contributed by atoms with van der Waals surface area (Å²) in [6.45, 7) is 1.64. The first-order chi connectivity index (χ1) is 11.9. The van der Waals surface area contributed by atoms with E-state index in [0.29, 0.717) is 22.7 Å². The number of pyridine rings is 1. The SMILES string of the molecule is Cc1nc(NCc2cccc(C(F)F)c2F)c2ccc(=O)n(C)c2n1. The summed E-state index contributed by atoms with van der Waals surface area (Å²) in [5.41, 5.74) is -0.311. The second-order valence-electron chi connectivity index (χ2n) is 5.56. The Balaban J connectivity index is 1.99. The van der Waals surface area contributed by atoms with Gasteiger partial charge in [-0.15, -0.1) is 0 Å². The van der Waals surface area contributed by atoms with Crippen molar-refractivity contribution in [2.45, 2.75) is 19.9 Å². The lowest BCUT2D eigenvalue weighted by molar-refractivity contribution is 0.146. The van der Waals surface area contributed by atoms with Gasteiger partial charge >= 0.3 is 0 Å². The first-order valence-corrected chi connectivity index (χ1v) is 7.52. The smallest absolute Gasteiger partial charge is 0.266 e. The molecule has 1 N–H and O–H groups in total. The minimum Gasteiger partial charge on any atom is -0.365 e. The normalized spacial score (nSPS) is 11.3. The Morgan fingerprint density at radius 2 is 1.96 bits per heavy atom. The highest BCUT2D eigenvalue weighted by molar-refractivity contribution is 5.86. The molecule has 0 saturated carbocycles. The minimum atomic E-state index is -2.88. The van der Waals surface area contributed by atoms with E-state index in [2.05, 4.69) is 15.3 Å². The number of aryl methyl sites for hydroxylation is 2. The molecule has 130 valence electrons. The summed E-state index contributed by atoms with van der Waals surface area (Å²) in [5, 5.41) is 3.53. The number of hydrogen-bond acceptors (Lipinski definition) is 4. The van der Waals surface area contributed by atoms with E-state index < -0.39 is 17.8 Å². The molecule has 0 fully saturated rings. The number of halogens is 3. The zero-order valence-corrected chi connectivity index (χ0v) is 13.6. The Labute approximate surface area is 141 Å². The molecule has 0 atom stereocenters. The minimum absolute atomic E-state index is 0.0270. The highest BCUT2D eigenvalue weighted by Crippen LogP contribution is 2.25. The maximum atomic E-state index is 14.1. The number of benzene rings is 1. The highest BCUT2D eigenvalue weighted by Gasteiger charge is 2.16. The van der Waals surface area contributed by atoms with Crippen molar-refractivity contribution in [2.24, 2.45) is 7.05 Å². The molecule has 0 saturated heterocycles. The predicted molar refractivity (Wildman–Crippen MR) is 88.2 cm³/mol. The zero-order valence-electron chi connectivity index (χ0n) is 13.6. The Kier molecular flexibility index (Phi) is 4.43. The molecule has 0 aliphatic heterocycles. The average molecular weight is 348 g/mol. The van der Waals surface area contributed by atoms with Crippen LogP contribution < -0.4 is 10.9 Å². The number of nitrogens with zero attached hydrogens (tertiary/aromatic N) is 3. The number of hydrogen-bond donors (Lipinski definition) is 1. The second-order valence-corrected chi connectivity index (χ2v) is 5.56. The van der Waals surface area contributed by atoms with E-state index in [1.807, 2.05) is 0 Å². The molecular weight excluding hydrogens is 333 g/mol. The van der Waals surface area contributed by atoms with Crippen molar-refractivity contribution in [2.75, 3.05) is 5.32 Å². The van der Waals surface area contributed by atoms with Crippen molar-refractivity contribution in [3.05, 3.63) is 63.5 Å². The number of anilines is 1. The van der Waals surface area contributed by atoms with Crippen LogP contribution in [-0.4, -0.2) is 14.5 Å². The number of fused-ring (bicyclic) bond motifs is 1. The van der Waals surface area contributed by atoms with Crippen LogP contribution in [0.2, 0.25) is 0 Å². The second kappa shape index (κ2) is 6.54. The largest absolute Gasteiger partial charge is 0.365 e. The molecule has 3 rings (SSSR count). The zero-order chi connectivity index (χ0) is 18.1. The first kappa shape index (κ1) is 16.9. The summed E-state index contributed by atoms with van der Waals surface area (Å²) in [7, 11) is 1.59. The van der Waals surface area contributed by atoms with Crippen molar-refractivity contribution < 1.29 is 13.2 Å². The molecule has 1 aromatic carbocycles. The van der Waals surface area contributed by atoms with Gasteiger partial charge in [-0.3, -0.25) is 9.36 Å². The molecule has 0 bridgehead atoms. The summed E-state index contributed by atoms with van der Waals surface area (Å²) in [6.07, 6.45) is -2.88. The topological polar surface area (TPSA) is 59.8 Å². The molecule has 0 spiro atoms. The molecule has 0 radical (unpaired) electrons. The quantitative estimate of drug-likeness (QED) is 0.786. The maximum absolute atomic E-state index is 14.1. The lowest BCUT2D eigenvalue weighted by Crippen LogP contribution is -2.17. The molecule has 25 heavy (non-hydrogen) atoms. The standard InChI is InChI=1S/C17H15F3N4O/c1-9-22-16(12-6-7-13(25)24(2)17(12)23-9)21-8-10-4-3-5-11(14(10)18)15(19)20/h3-7,15H,8H2,1-2H3,(H,21,22,23). The van der Waals surface area contributed by atoms with E-state index in [-0.39, 0.29) is 17.7 Å². The Morgan fingerprint density at radius 3 is 2.68 bits per heavy atom. The van der Waals surface area contributed by atoms with Crippen LogP contribution in [0, 0.1) is 12.7 Å². The average Bonchev–Trinajstić information content (AvgIpc) is 2.57. The Bertz CT molecular complexity index is 1000. The lowest BCUT2D eigenvalue weighted by Gasteiger charge is -2.12. The molecular formula is C17H15F3N4O. The molecule has 8 heteroatoms. The van der Waals surface area contributed by atoms with Gasteiger partial charge in [-0.25, -0.2) is 23.1 Å². The van der Waals surface area contributed by atoms with Crippen LogP contribution in [0.15, 0.2) is 35.1 Å². The number of rotatable bonds is 4. The fourth-order valence-electron chi connectivity index (χ4n) is 2.56. The van der Waals surface area contributed by atoms with Crippen molar-refractivity contribution in [3.63, 3.8) is 0 Å². The van der Waals surface area contributed by atoms with Crippen LogP contribution in [0.3, 0.4) is 0 Å². The van der Waals surface area contributed by atoms with Gasteiger partial charge in [0.1, 0.15) is 23.1 Å². The van der Waals surface area contributed by atoms with Gasteiger partial charge in [0.05, 0.1) is 10.9 Å². The molecule has 2 heterocycles. The monoisotopic (exact) mass is 348 g/mol. The Hall–Kier alpha value is -2.90. The predicted octanol–water partition coefficient (Wildman–Crippen LogP) is 3.33. The van der Waals surface area contributed by atoms with Gasteiger partial charge in [-0.1, -0.05) is 18.2 Å². The van der Waals surface area contributed by atoms with Crippen molar-refractivity contribution in [1.82, 2.24) is 14.5 Å². The summed E-state index contributed by atoms with van der Waals surface area (Å²) < 4.78 is 41.1. The van der Waals surface area contributed by atoms with Crippen molar-refractivity contribution >= 4 is 16.9 Å². The van der Waals surface area contributed by atoms with Gasteiger partial charge in [0.15, 0.2) is 0 Å². The van der Waals surface area contributed by atoms with E-state index in [1.165, 1.54) is 22.8 Å². The maximum Gasteiger partial charge on any atom is 0.266 e. The van der Waals surface area contributed by atoms with Gasteiger partial charge in [-0.2, -0.15) is 0 Å². The number of aromatic nitrogens is 3. The van der Waals surface area contributed by atoms with Gasteiger partial charge < -0.3 is 5.32 Å². The van der Waals surface area contributed by atoms with Crippen LogP contribution in [-0.2, 0) is 13.6 Å². The molecule has 0 unspecified atom stereocenters. The molecule has 5 nitrogen and oxygen atoms in total. The third kappa shape index (κ3) is 3.19. The summed E-state index contributed by atoms with van der Waals surface area (Å²) in [5.74, 6) is -0.106. The van der Waals surface area contributed by atoms with Crippen molar-refractivity contribution in [1.29, 1.82) is 0 Å². The fourth-order valence-corrected chi connectivity index (χ4v) is 2.56. The first-order valence-electron chi connectivity index (χ1n) is 7.52. The van der Waals surface area contributed by atoms with Crippen LogP contribution >= 0.6 is 0 Å². The van der Waals surface area contributed by atoms with E-state index in [0.717, 1.165) is 6.07 Å². The van der Waals surface area contributed by atoms with Gasteiger partial charge in [-0.05, 0) is 13.0 Å². The molecule has 0 aliphatic carbocycles. The van der Waals surface area contributed by atoms with Crippen molar-refractivity contribution in [3.8, 4) is 0 Å². The van der Waals surface area contributed by atoms with Gasteiger partial charge in [0.25, 0.3) is 12.0 Å². The van der Waals surface area contributed by atoms with E-state index in [9.17, 15) is 18.0 Å². The summed E-state index contributed by atoms with van der Waals surface area (Å²) in [6, 6.07) is 6.83. The third-order valence-electron chi connectivity index (χ3n) is 3.87. The summed E-state index contributed by atoms with van der Waals surface area (Å²) >= 11 is 0. The number of alkyl halides is 2. The molecule has 3 aromatic rings. The van der Waals surface area contributed by atoms with Gasteiger partial charge in [0, 0.05) is 25.2 Å². The van der Waals surface area contributed by atoms with Crippen LogP contribution in [0.25, 0.3) is 11.0 Å².